The number of aromatic nitrogens is 1. The number of aliphatic hydroxyl groups is 1. The maximum Gasteiger partial charge on any atom is 0.272 e. The van der Waals surface area contributed by atoms with Crippen LogP contribution in [0.5, 0.6) is 0 Å². The van der Waals surface area contributed by atoms with Gasteiger partial charge in [0.25, 0.3) is 5.91 Å². The van der Waals surface area contributed by atoms with E-state index in [-0.39, 0.29) is 30.5 Å². The Bertz CT molecular complexity index is 768. The van der Waals surface area contributed by atoms with E-state index in [2.05, 4.69) is 32.3 Å². The molecule has 0 unspecified atom stereocenters. The van der Waals surface area contributed by atoms with E-state index in [0.29, 0.717) is 12.2 Å². The van der Waals surface area contributed by atoms with Gasteiger partial charge in [0, 0.05) is 28.8 Å². The van der Waals surface area contributed by atoms with Crippen molar-refractivity contribution in [3.05, 3.63) is 58.3 Å². The standard InChI is InChI=1S/C18H18BrN3O2/c19-11-4-5-14-13(9-11)17-12(16(10-23)21-14)6-8-22(17)18(24)15-3-1-2-7-20-15/h1-5,7,9,12,16-17,21,23H,6,8,10H2/t12-,16-,17-/m0/s1. The summed E-state index contributed by atoms with van der Waals surface area (Å²) < 4.78 is 0.987. The zero-order valence-electron chi connectivity index (χ0n) is 13.0. The largest absolute Gasteiger partial charge is 0.394 e. The SMILES string of the molecule is O=C(c1ccccn1)N1CC[C@H]2[C@H](CO)Nc3ccc(Br)cc3[C@H]21. The Hall–Kier alpha value is -1.92. The predicted octanol–water partition coefficient (Wildman–Crippen LogP) is 2.83. The first kappa shape index (κ1) is 15.6. The number of fused-ring (bicyclic) bond motifs is 3. The maximum absolute atomic E-state index is 13.0. The topological polar surface area (TPSA) is 65.5 Å². The van der Waals surface area contributed by atoms with Crippen molar-refractivity contribution in [3.63, 3.8) is 0 Å². The summed E-state index contributed by atoms with van der Waals surface area (Å²) in [5.74, 6) is 0.150. The molecule has 1 amide bonds. The van der Waals surface area contributed by atoms with E-state index < -0.39 is 0 Å². The van der Waals surface area contributed by atoms with Crippen LogP contribution in [0.15, 0.2) is 47.1 Å². The van der Waals surface area contributed by atoms with Crippen molar-refractivity contribution < 1.29 is 9.90 Å². The number of anilines is 1. The molecule has 1 fully saturated rings. The van der Waals surface area contributed by atoms with E-state index >= 15 is 0 Å². The highest BCUT2D eigenvalue weighted by atomic mass is 79.9. The molecule has 0 spiro atoms. The van der Waals surface area contributed by atoms with Gasteiger partial charge in [-0.1, -0.05) is 22.0 Å². The third kappa shape index (κ3) is 2.50. The Morgan fingerprint density at radius 2 is 2.25 bits per heavy atom. The Morgan fingerprint density at radius 1 is 1.38 bits per heavy atom. The Morgan fingerprint density at radius 3 is 3.00 bits per heavy atom. The number of likely N-dealkylation sites (tertiary alicyclic amines) is 1. The lowest BCUT2D eigenvalue weighted by Crippen LogP contribution is -2.43. The van der Waals surface area contributed by atoms with Crippen LogP contribution in [0, 0.1) is 5.92 Å². The molecule has 0 saturated carbocycles. The number of rotatable bonds is 2. The highest BCUT2D eigenvalue weighted by molar-refractivity contribution is 9.10. The average Bonchev–Trinajstić information content (AvgIpc) is 3.06. The van der Waals surface area contributed by atoms with E-state index in [1.165, 1.54) is 0 Å². The first-order chi connectivity index (χ1) is 11.7. The predicted molar refractivity (Wildman–Crippen MR) is 94.8 cm³/mol. The van der Waals surface area contributed by atoms with E-state index in [4.69, 9.17) is 0 Å². The number of carbonyl (C=O) groups is 1. The summed E-state index contributed by atoms with van der Waals surface area (Å²) in [6.45, 7) is 0.733. The van der Waals surface area contributed by atoms with Crippen molar-refractivity contribution >= 4 is 27.5 Å². The highest BCUT2D eigenvalue weighted by Crippen LogP contribution is 2.47. The van der Waals surface area contributed by atoms with Gasteiger partial charge in [-0.2, -0.15) is 0 Å². The Kier molecular flexibility index (Phi) is 4.02. The van der Waals surface area contributed by atoms with Crippen LogP contribution < -0.4 is 5.32 Å². The van der Waals surface area contributed by atoms with Crippen molar-refractivity contribution in [1.29, 1.82) is 0 Å². The second kappa shape index (κ2) is 6.18. The molecule has 124 valence electrons. The van der Waals surface area contributed by atoms with Crippen LogP contribution in [0.2, 0.25) is 0 Å². The van der Waals surface area contributed by atoms with E-state index in [1.54, 1.807) is 12.3 Å². The maximum atomic E-state index is 13.0. The third-order valence-corrected chi connectivity index (χ3v) is 5.47. The fourth-order valence-corrected chi connectivity index (χ4v) is 4.28. The molecule has 0 aliphatic carbocycles. The van der Waals surface area contributed by atoms with Crippen LogP contribution in [0.1, 0.15) is 28.5 Å². The van der Waals surface area contributed by atoms with Crippen molar-refractivity contribution in [3.8, 4) is 0 Å². The molecule has 3 heterocycles. The number of aliphatic hydroxyl groups excluding tert-OH is 1. The summed E-state index contributed by atoms with van der Waals surface area (Å²) in [6.07, 6.45) is 2.51. The van der Waals surface area contributed by atoms with Gasteiger partial charge in [-0.25, -0.2) is 0 Å². The van der Waals surface area contributed by atoms with E-state index in [9.17, 15) is 9.90 Å². The first-order valence-corrected chi connectivity index (χ1v) is 8.87. The molecule has 2 aliphatic heterocycles. The number of nitrogens with one attached hydrogen (secondary N) is 1. The second-order valence-corrected chi connectivity index (χ2v) is 7.19. The minimum absolute atomic E-state index is 0.0367. The first-order valence-electron chi connectivity index (χ1n) is 8.08. The number of amides is 1. The molecule has 0 bridgehead atoms. The van der Waals surface area contributed by atoms with Gasteiger partial charge in [0.1, 0.15) is 5.69 Å². The average molecular weight is 388 g/mol. The number of benzene rings is 1. The molecule has 3 atom stereocenters. The third-order valence-electron chi connectivity index (χ3n) is 4.98. The van der Waals surface area contributed by atoms with Crippen LogP contribution in [-0.4, -0.2) is 40.1 Å². The minimum atomic E-state index is -0.0485. The molecule has 1 saturated heterocycles. The summed E-state index contributed by atoms with van der Waals surface area (Å²) in [4.78, 5) is 19.1. The van der Waals surface area contributed by atoms with Gasteiger partial charge in [0.05, 0.1) is 18.7 Å². The molecular formula is C18H18BrN3O2. The molecule has 0 radical (unpaired) electrons. The molecule has 2 aliphatic rings. The van der Waals surface area contributed by atoms with Gasteiger partial charge in [-0.15, -0.1) is 0 Å². The van der Waals surface area contributed by atoms with Gasteiger partial charge < -0.3 is 15.3 Å². The monoisotopic (exact) mass is 387 g/mol. The summed E-state index contributed by atoms with van der Waals surface area (Å²) in [6, 6.07) is 11.4. The van der Waals surface area contributed by atoms with Gasteiger partial charge in [0.2, 0.25) is 0 Å². The lowest BCUT2D eigenvalue weighted by molar-refractivity contribution is 0.0695. The summed E-state index contributed by atoms with van der Waals surface area (Å²) in [7, 11) is 0. The van der Waals surface area contributed by atoms with Crippen molar-refractivity contribution in [2.75, 3.05) is 18.5 Å². The molecule has 5 nitrogen and oxygen atoms in total. The molecule has 6 heteroatoms. The fourth-order valence-electron chi connectivity index (χ4n) is 3.90. The molecule has 2 aromatic rings. The molecule has 24 heavy (non-hydrogen) atoms. The number of hydrogen-bond acceptors (Lipinski definition) is 4. The van der Waals surface area contributed by atoms with Crippen LogP contribution >= 0.6 is 15.9 Å². The zero-order valence-corrected chi connectivity index (χ0v) is 14.6. The number of hydrogen-bond donors (Lipinski definition) is 2. The normalized spacial score (nSPS) is 24.9. The summed E-state index contributed by atoms with van der Waals surface area (Å²) >= 11 is 3.53. The summed E-state index contributed by atoms with van der Waals surface area (Å²) in [5.41, 5.74) is 2.55. The quantitative estimate of drug-likeness (QED) is 0.831. The molecule has 1 aromatic heterocycles. The van der Waals surface area contributed by atoms with Gasteiger partial charge in [0.15, 0.2) is 0 Å². The van der Waals surface area contributed by atoms with Crippen LogP contribution in [0.4, 0.5) is 5.69 Å². The summed E-state index contributed by atoms with van der Waals surface area (Å²) in [5, 5.41) is 13.2. The number of pyridine rings is 1. The second-order valence-electron chi connectivity index (χ2n) is 6.28. The van der Waals surface area contributed by atoms with Gasteiger partial charge >= 0.3 is 0 Å². The Balaban J connectivity index is 1.75. The molecule has 4 rings (SSSR count). The smallest absolute Gasteiger partial charge is 0.272 e. The van der Waals surface area contributed by atoms with Crippen LogP contribution in [0.25, 0.3) is 0 Å². The van der Waals surface area contributed by atoms with Crippen molar-refractivity contribution in [1.82, 2.24) is 9.88 Å². The number of nitrogens with zero attached hydrogens (tertiary/aromatic N) is 2. The van der Waals surface area contributed by atoms with Gasteiger partial charge in [-0.05, 0) is 42.3 Å². The Labute approximate surface area is 148 Å². The van der Waals surface area contributed by atoms with Crippen LogP contribution in [0.3, 0.4) is 0 Å². The number of halogens is 1. The molecule has 1 aromatic carbocycles. The number of carbonyl (C=O) groups excluding carboxylic acids is 1. The van der Waals surface area contributed by atoms with Gasteiger partial charge in [-0.3, -0.25) is 9.78 Å². The zero-order chi connectivity index (χ0) is 16.7. The van der Waals surface area contributed by atoms with E-state index in [0.717, 1.165) is 22.1 Å². The minimum Gasteiger partial charge on any atom is -0.394 e. The fraction of sp³-hybridized carbons (Fsp3) is 0.333. The van der Waals surface area contributed by atoms with Crippen molar-refractivity contribution in [2.24, 2.45) is 5.92 Å². The lowest BCUT2D eigenvalue weighted by atomic mass is 9.83. The highest BCUT2D eigenvalue weighted by Gasteiger charge is 2.46. The molecular weight excluding hydrogens is 370 g/mol. The van der Waals surface area contributed by atoms with E-state index in [1.807, 2.05) is 29.2 Å². The van der Waals surface area contributed by atoms with Crippen molar-refractivity contribution in [2.45, 2.75) is 18.5 Å². The molecule has 2 N–H and O–H groups in total. The van der Waals surface area contributed by atoms with Crippen LogP contribution in [-0.2, 0) is 0 Å². The lowest BCUT2D eigenvalue weighted by Gasteiger charge is -2.39.